The summed E-state index contributed by atoms with van der Waals surface area (Å²) in [7, 11) is 0. The molecule has 80 valence electrons. The summed E-state index contributed by atoms with van der Waals surface area (Å²) in [5, 5.41) is 0. The van der Waals surface area contributed by atoms with Gasteiger partial charge in [-0.25, -0.2) is 4.79 Å². The summed E-state index contributed by atoms with van der Waals surface area (Å²) in [6.07, 6.45) is 3.24. The molecule has 0 aromatic carbocycles. The van der Waals surface area contributed by atoms with E-state index in [1.54, 1.807) is 20.8 Å². The van der Waals surface area contributed by atoms with Crippen LogP contribution in [0.2, 0.25) is 0 Å². The predicted octanol–water partition coefficient (Wildman–Crippen LogP) is 1.10. The first-order chi connectivity index (χ1) is 6.58. The highest BCUT2D eigenvalue weighted by atomic mass is 16.5. The van der Waals surface area contributed by atoms with Crippen molar-refractivity contribution in [2.45, 2.75) is 26.4 Å². The third-order valence-electron chi connectivity index (χ3n) is 1.53. The summed E-state index contributed by atoms with van der Waals surface area (Å²) >= 11 is 0. The molecule has 1 atom stereocenters. The van der Waals surface area contributed by atoms with E-state index in [-0.39, 0.29) is 0 Å². The van der Waals surface area contributed by atoms with Gasteiger partial charge in [-0.15, -0.1) is 0 Å². The molecule has 1 unspecified atom stereocenters. The highest BCUT2D eigenvalue weighted by molar-refractivity contribution is 5.83. The Bertz CT molecular complexity index is 222. The Morgan fingerprint density at radius 1 is 1.36 bits per heavy atom. The number of rotatable bonds is 6. The van der Waals surface area contributed by atoms with Gasteiger partial charge >= 0.3 is 5.97 Å². The summed E-state index contributed by atoms with van der Waals surface area (Å²) in [5.74, 6) is -0.472. The largest absolute Gasteiger partial charge is 0.463 e. The van der Waals surface area contributed by atoms with E-state index in [9.17, 15) is 9.59 Å². The number of hydrogen-bond donors (Lipinski definition) is 0. The second-order valence-electron chi connectivity index (χ2n) is 2.82. The zero-order valence-corrected chi connectivity index (χ0v) is 8.78. The average Bonchev–Trinajstić information content (AvgIpc) is 2.16. The van der Waals surface area contributed by atoms with Crippen LogP contribution in [-0.4, -0.2) is 31.1 Å². The molecule has 0 N–H and O–H groups in total. The van der Waals surface area contributed by atoms with Gasteiger partial charge in [0.15, 0.2) is 6.29 Å². The van der Waals surface area contributed by atoms with E-state index in [1.807, 2.05) is 0 Å². The molecule has 4 nitrogen and oxygen atoms in total. The SMILES string of the molecule is CCOC(=O)C=CC(C)(C=O)OCC. The molecule has 0 fully saturated rings. The Kier molecular flexibility index (Phi) is 5.79. The van der Waals surface area contributed by atoms with Gasteiger partial charge in [0, 0.05) is 12.7 Å². The maximum atomic E-state index is 10.9. The van der Waals surface area contributed by atoms with Crippen molar-refractivity contribution in [2.75, 3.05) is 13.2 Å². The molecular weight excluding hydrogens is 184 g/mol. The number of ether oxygens (including phenoxy) is 2. The van der Waals surface area contributed by atoms with Crippen LogP contribution in [0.4, 0.5) is 0 Å². The van der Waals surface area contributed by atoms with Crippen molar-refractivity contribution in [1.29, 1.82) is 0 Å². The third-order valence-corrected chi connectivity index (χ3v) is 1.53. The molecule has 0 bridgehead atoms. The minimum atomic E-state index is -1.04. The van der Waals surface area contributed by atoms with Crippen molar-refractivity contribution >= 4 is 12.3 Å². The maximum absolute atomic E-state index is 10.9. The molecule has 0 saturated heterocycles. The van der Waals surface area contributed by atoms with Gasteiger partial charge in [0.2, 0.25) is 0 Å². The molecule has 0 spiro atoms. The second-order valence-corrected chi connectivity index (χ2v) is 2.82. The lowest BCUT2D eigenvalue weighted by Gasteiger charge is -2.17. The summed E-state index contributed by atoms with van der Waals surface area (Å²) in [5.41, 5.74) is -1.04. The molecule has 0 amide bonds. The van der Waals surface area contributed by atoms with Crippen molar-refractivity contribution in [1.82, 2.24) is 0 Å². The van der Waals surface area contributed by atoms with E-state index in [0.29, 0.717) is 19.5 Å². The highest BCUT2D eigenvalue weighted by Crippen LogP contribution is 2.08. The molecule has 0 aromatic rings. The molecule has 0 aliphatic heterocycles. The van der Waals surface area contributed by atoms with E-state index >= 15 is 0 Å². The van der Waals surface area contributed by atoms with Gasteiger partial charge in [-0.1, -0.05) is 0 Å². The first-order valence-corrected chi connectivity index (χ1v) is 4.54. The Hall–Kier alpha value is -1.16. The van der Waals surface area contributed by atoms with E-state index in [4.69, 9.17) is 4.74 Å². The summed E-state index contributed by atoms with van der Waals surface area (Å²) in [4.78, 5) is 21.6. The van der Waals surface area contributed by atoms with Crippen LogP contribution in [0.3, 0.4) is 0 Å². The normalized spacial score (nSPS) is 15.1. The summed E-state index contributed by atoms with van der Waals surface area (Å²) in [6, 6.07) is 0. The van der Waals surface area contributed by atoms with Crippen LogP contribution in [0.25, 0.3) is 0 Å². The van der Waals surface area contributed by atoms with E-state index in [2.05, 4.69) is 4.74 Å². The van der Waals surface area contributed by atoms with E-state index < -0.39 is 11.6 Å². The van der Waals surface area contributed by atoms with Gasteiger partial charge in [-0.05, 0) is 26.8 Å². The fourth-order valence-corrected chi connectivity index (χ4v) is 0.856. The lowest BCUT2D eigenvalue weighted by Crippen LogP contribution is -2.28. The Balaban J connectivity index is 4.29. The first kappa shape index (κ1) is 12.8. The molecule has 0 radical (unpaired) electrons. The molecule has 14 heavy (non-hydrogen) atoms. The minimum absolute atomic E-state index is 0.315. The van der Waals surface area contributed by atoms with Gasteiger partial charge in [-0.3, -0.25) is 4.79 Å². The predicted molar refractivity (Wildman–Crippen MR) is 51.9 cm³/mol. The van der Waals surface area contributed by atoms with Gasteiger partial charge in [-0.2, -0.15) is 0 Å². The fraction of sp³-hybridized carbons (Fsp3) is 0.600. The van der Waals surface area contributed by atoms with Crippen molar-refractivity contribution in [3.8, 4) is 0 Å². The fourth-order valence-electron chi connectivity index (χ4n) is 0.856. The topological polar surface area (TPSA) is 52.6 Å². The van der Waals surface area contributed by atoms with Crippen LogP contribution < -0.4 is 0 Å². The highest BCUT2D eigenvalue weighted by Gasteiger charge is 2.19. The molecule has 0 rings (SSSR count). The van der Waals surface area contributed by atoms with E-state index in [0.717, 1.165) is 0 Å². The molecular formula is C10H16O4. The number of esters is 1. The van der Waals surface area contributed by atoms with Crippen molar-refractivity contribution in [2.24, 2.45) is 0 Å². The number of aldehydes is 1. The molecule has 0 saturated carbocycles. The Labute approximate surface area is 83.9 Å². The van der Waals surface area contributed by atoms with Crippen LogP contribution in [0, 0.1) is 0 Å². The monoisotopic (exact) mass is 200 g/mol. The molecule has 0 aromatic heterocycles. The van der Waals surface area contributed by atoms with Gasteiger partial charge in [0.25, 0.3) is 0 Å². The summed E-state index contributed by atoms with van der Waals surface area (Å²) in [6.45, 7) is 5.80. The third kappa shape index (κ3) is 4.77. The lowest BCUT2D eigenvalue weighted by molar-refractivity contribution is -0.137. The smallest absolute Gasteiger partial charge is 0.330 e. The summed E-state index contributed by atoms with van der Waals surface area (Å²) < 4.78 is 9.81. The van der Waals surface area contributed by atoms with Crippen molar-refractivity contribution in [3.63, 3.8) is 0 Å². The molecule has 4 heteroatoms. The van der Waals surface area contributed by atoms with Gasteiger partial charge in [0.1, 0.15) is 5.60 Å². The molecule has 0 heterocycles. The maximum Gasteiger partial charge on any atom is 0.330 e. The van der Waals surface area contributed by atoms with Crippen molar-refractivity contribution in [3.05, 3.63) is 12.2 Å². The van der Waals surface area contributed by atoms with Crippen LogP contribution in [0.15, 0.2) is 12.2 Å². The number of carbonyl (C=O) groups excluding carboxylic acids is 2. The number of carbonyl (C=O) groups is 2. The van der Waals surface area contributed by atoms with Crippen LogP contribution in [0.1, 0.15) is 20.8 Å². The minimum Gasteiger partial charge on any atom is -0.463 e. The standard InChI is InChI=1S/C10H16O4/c1-4-13-9(12)6-7-10(3,8-11)14-5-2/h6-8H,4-5H2,1-3H3. The Morgan fingerprint density at radius 2 is 2.00 bits per heavy atom. The zero-order valence-electron chi connectivity index (χ0n) is 8.78. The number of hydrogen-bond acceptors (Lipinski definition) is 4. The Morgan fingerprint density at radius 3 is 2.43 bits per heavy atom. The quantitative estimate of drug-likeness (QED) is 0.366. The van der Waals surface area contributed by atoms with Crippen LogP contribution in [0.5, 0.6) is 0 Å². The van der Waals surface area contributed by atoms with Crippen LogP contribution >= 0.6 is 0 Å². The average molecular weight is 200 g/mol. The van der Waals surface area contributed by atoms with E-state index in [1.165, 1.54) is 12.2 Å². The van der Waals surface area contributed by atoms with Gasteiger partial charge in [0.05, 0.1) is 6.61 Å². The molecule has 0 aliphatic carbocycles. The first-order valence-electron chi connectivity index (χ1n) is 4.54. The van der Waals surface area contributed by atoms with Crippen molar-refractivity contribution < 1.29 is 19.1 Å². The van der Waals surface area contributed by atoms with Gasteiger partial charge < -0.3 is 9.47 Å². The molecule has 0 aliphatic rings. The van der Waals surface area contributed by atoms with Crippen LogP contribution in [-0.2, 0) is 19.1 Å². The zero-order chi connectivity index (χ0) is 11.0. The second kappa shape index (κ2) is 6.32. The lowest BCUT2D eigenvalue weighted by atomic mass is 10.1.